The van der Waals surface area contributed by atoms with Crippen molar-refractivity contribution in [2.45, 2.75) is 13.1 Å². The Bertz CT molecular complexity index is 530. The fourth-order valence-electron chi connectivity index (χ4n) is 2.64. The Morgan fingerprint density at radius 2 is 1.60 bits per heavy atom. The van der Waals surface area contributed by atoms with Gasteiger partial charge in [-0.1, -0.05) is 18.2 Å². The molecule has 1 saturated heterocycles. The van der Waals surface area contributed by atoms with Gasteiger partial charge in [0.15, 0.2) is 0 Å². The highest BCUT2D eigenvalue weighted by molar-refractivity contribution is 7.11. The number of anilines is 1. The first kappa shape index (κ1) is 13.6. The van der Waals surface area contributed by atoms with Crippen LogP contribution in [0.3, 0.4) is 0 Å². The Hall–Kier alpha value is -1.36. The summed E-state index contributed by atoms with van der Waals surface area (Å²) in [7, 11) is 0. The van der Waals surface area contributed by atoms with Gasteiger partial charge in [-0.2, -0.15) is 0 Å². The van der Waals surface area contributed by atoms with Crippen molar-refractivity contribution in [3.63, 3.8) is 0 Å². The first-order chi connectivity index (χ1) is 9.85. The van der Waals surface area contributed by atoms with Crippen LogP contribution < -0.4 is 10.6 Å². The summed E-state index contributed by atoms with van der Waals surface area (Å²) < 4.78 is 0. The molecule has 0 aliphatic carbocycles. The maximum Gasteiger partial charge on any atom is 0.0367 e. The first-order valence-electron chi connectivity index (χ1n) is 7.15. The van der Waals surface area contributed by atoms with E-state index >= 15 is 0 Å². The zero-order valence-electron chi connectivity index (χ0n) is 11.7. The minimum Gasteiger partial charge on any atom is -0.369 e. The van der Waals surface area contributed by atoms with E-state index < -0.39 is 0 Å². The van der Waals surface area contributed by atoms with E-state index in [2.05, 4.69) is 52.3 Å². The minimum absolute atomic E-state index is 0.659. The molecule has 3 nitrogen and oxygen atoms in total. The summed E-state index contributed by atoms with van der Waals surface area (Å²) in [5, 5.41) is 0. The molecule has 1 aromatic carbocycles. The van der Waals surface area contributed by atoms with Gasteiger partial charge in [-0.3, -0.25) is 4.90 Å². The van der Waals surface area contributed by atoms with Gasteiger partial charge < -0.3 is 10.6 Å². The second kappa shape index (κ2) is 6.39. The normalized spacial score (nSPS) is 16.6. The van der Waals surface area contributed by atoms with Crippen LogP contribution in [0.5, 0.6) is 0 Å². The molecule has 1 aliphatic heterocycles. The monoisotopic (exact) mass is 287 g/mol. The first-order valence-corrected chi connectivity index (χ1v) is 7.97. The number of nitrogens with zero attached hydrogens (tertiary/aromatic N) is 2. The van der Waals surface area contributed by atoms with Gasteiger partial charge in [-0.25, -0.2) is 0 Å². The van der Waals surface area contributed by atoms with Gasteiger partial charge in [0.05, 0.1) is 0 Å². The smallest absolute Gasteiger partial charge is 0.0367 e. The number of rotatable bonds is 4. The number of thiophene rings is 1. The third-order valence-electron chi connectivity index (χ3n) is 3.79. The highest BCUT2D eigenvalue weighted by atomic mass is 32.1. The van der Waals surface area contributed by atoms with E-state index in [1.165, 1.54) is 15.4 Å². The van der Waals surface area contributed by atoms with Crippen molar-refractivity contribution in [1.29, 1.82) is 0 Å². The Labute approximate surface area is 124 Å². The van der Waals surface area contributed by atoms with Crippen molar-refractivity contribution in [3.05, 3.63) is 52.2 Å². The van der Waals surface area contributed by atoms with Gasteiger partial charge in [0, 0.05) is 54.7 Å². The lowest BCUT2D eigenvalue weighted by molar-refractivity contribution is 0.252. The summed E-state index contributed by atoms with van der Waals surface area (Å²) in [6.45, 7) is 6.20. The van der Waals surface area contributed by atoms with Crippen LogP contribution in [0.1, 0.15) is 9.75 Å². The summed E-state index contributed by atoms with van der Waals surface area (Å²) in [5.41, 5.74) is 7.01. The maximum absolute atomic E-state index is 5.67. The topological polar surface area (TPSA) is 32.5 Å². The van der Waals surface area contributed by atoms with Gasteiger partial charge >= 0.3 is 0 Å². The van der Waals surface area contributed by atoms with Gasteiger partial charge in [-0.05, 0) is 24.3 Å². The molecule has 2 N–H and O–H groups in total. The second-order valence-corrected chi connectivity index (χ2v) is 6.42. The Balaban J connectivity index is 1.53. The molecule has 0 saturated carbocycles. The van der Waals surface area contributed by atoms with Crippen molar-refractivity contribution in [2.24, 2.45) is 5.73 Å². The zero-order chi connectivity index (χ0) is 13.8. The molecule has 3 rings (SSSR count). The Morgan fingerprint density at radius 1 is 0.900 bits per heavy atom. The average molecular weight is 287 g/mol. The summed E-state index contributed by atoms with van der Waals surface area (Å²) in [6, 6.07) is 15.1. The molecule has 1 aromatic heterocycles. The van der Waals surface area contributed by atoms with Crippen molar-refractivity contribution < 1.29 is 0 Å². The lowest BCUT2D eigenvalue weighted by Crippen LogP contribution is -2.45. The second-order valence-electron chi connectivity index (χ2n) is 5.17. The predicted molar refractivity (Wildman–Crippen MR) is 86.1 cm³/mol. The largest absolute Gasteiger partial charge is 0.369 e. The Kier molecular flexibility index (Phi) is 4.35. The molecule has 0 radical (unpaired) electrons. The van der Waals surface area contributed by atoms with Crippen LogP contribution in [-0.2, 0) is 13.1 Å². The van der Waals surface area contributed by atoms with E-state index in [1.54, 1.807) is 0 Å². The van der Waals surface area contributed by atoms with Crippen LogP contribution in [0.25, 0.3) is 0 Å². The summed E-state index contributed by atoms with van der Waals surface area (Å²) >= 11 is 1.84. The lowest BCUT2D eigenvalue weighted by Gasteiger charge is -2.35. The number of piperazine rings is 1. The molecule has 0 unspecified atom stereocenters. The van der Waals surface area contributed by atoms with E-state index in [-0.39, 0.29) is 0 Å². The van der Waals surface area contributed by atoms with Crippen molar-refractivity contribution in [3.8, 4) is 0 Å². The number of nitrogens with two attached hydrogens (primary N) is 1. The molecule has 0 atom stereocenters. The van der Waals surface area contributed by atoms with E-state index in [9.17, 15) is 0 Å². The number of para-hydroxylation sites is 1. The lowest BCUT2D eigenvalue weighted by atomic mass is 10.2. The van der Waals surface area contributed by atoms with Gasteiger partial charge in [0.2, 0.25) is 0 Å². The number of hydrogen-bond donors (Lipinski definition) is 1. The quantitative estimate of drug-likeness (QED) is 0.938. The minimum atomic E-state index is 0.659. The molecule has 0 spiro atoms. The summed E-state index contributed by atoms with van der Waals surface area (Å²) in [6.07, 6.45) is 0. The highest BCUT2D eigenvalue weighted by Crippen LogP contribution is 2.20. The fourth-order valence-corrected chi connectivity index (χ4v) is 3.58. The molecule has 0 amide bonds. The van der Waals surface area contributed by atoms with Crippen LogP contribution in [-0.4, -0.2) is 31.1 Å². The SMILES string of the molecule is NCc1ccc(CN2CCN(c3ccccc3)CC2)s1. The zero-order valence-corrected chi connectivity index (χ0v) is 12.5. The van der Waals surface area contributed by atoms with Crippen molar-refractivity contribution in [1.82, 2.24) is 4.90 Å². The Morgan fingerprint density at radius 3 is 2.25 bits per heavy atom. The molecular formula is C16H21N3S. The third-order valence-corrected chi connectivity index (χ3v) is 4.88. The highest BCUT2D eigenvalue weighted by Gasteiger charge is 2.17. The maximum atomic E-state index is 5.67. The van der Waals surface area contributed by atoms with E-state index in [0.29, 0.717) is 6.54 Å². The van der Waals surface area contributed by atoms with Crippen LogP contribution >= 0.6 is 11.3 Å². The number of benzene rings is 1. The number of hydrogen-bond acceptors (Lipinski definition) is 4. The molecule has 106 valence electrons. The standard InChI is InChI=1S/C16H21N3S/c17-12-15-6-7-16(20-15)13-18-8-10-19(11-9-18)14-4-2-1-3-5-14/h1-7H,8-13,17H2. The molecule has 4 heteroatoms. The van der Waals surface area contributed by atoms with Gasteiger partial charge in [-0.15, -0.1) is 11.3 Å². The van der Waals surface area contributed by atoms with Crippen LogP contribution in [0.15, 0.2) is 42.5 Å². The van der Waals surface area contributed by atoms with Crippen molar-refractivity contribution in [2.75, 3.05) is 31.1 Å². The molecule has 20 heavy (non-hydrogen) atoms. The predicted octanol–water partition coefficient (Wildman–Crippen LogP) is 2.53. The van der Waals surface area contributed by atoms with E-state index in [4.69, 9.17) is 5.73 Å². The third kappa shape index (κ3) is 3.20. The summed E-state index contributed by atoms with van der Waals surface area (Å²) in [5.74, 6) is 0. The molecule has 0 bridgehead atoms. The van der Waals surface area contributed by atoms with Crippen LogP contribution in [0.4, 0.5) is 5.69 Å². The molecule has 2 heterocycles. The molecule has 1 aliphatic rings. The molecular weight excluding hydrogens is 266 g/mol. The fraction of sp³-hybridized carbons (Fsp3) is 0.375. The van der Waals surface area contributed by atoms with Gasteiger partial charge in [0.1, 0.15) is 0 Å². The van der Waals surface area contributed by atoms with Crippen molar-refractivity contribution >= 4 is 17.0 Å². The van der Waals surface area contributed by atoms with Crippen LogP contribution in [0.2, 0.25) is 0 Å². The van der Waals surface area contributed by atoms with E-state index in [1.807, 2.05) is 11.3 Å². The summed E-state index contributed by atoms with van der Waals surface area (Å²) in [4.78, 5) is 7.71. The molecule has 2 aromatic rings. The van der Waals surface area contributed by atoms with Gasteiger partial charge in [0.25, 0.3) is 0 Å². The average Bonchev–Trinajstić information content (AvgIpc) is 2.97. The van der Waals surface area contributed by atoms with E-state index in [0.717, 1.165) is 32.7 Å². The molecule has 1 fully saturated rings. The van der Waals surface area contributed by atoms with Crippen LogP contribution in [0, 0.1) is 0 Å².